The van der Waals surface area contributed by atoms with Crippen LogP contribution in [0.3, 0.4) is 0 Å². The van der Waals surface area contributed by atoms with Gasteiger partial charge < -0.3 is 10.6 Å². The molecule has 5 nitrogen and oxygen atoms in total. The smallest absolute Gasteiger partial charge is 0.310 e. The molecule has 170 valence electrons. The summed E-state index contributed by atoms with van der Waals surface area (Å²) in [5, 5.41) is 8.45. The van der Waals surface area contributed by atoms with Crippen molar-refractivity contribution in [3.63, 3.8) is 0 Å². The highest BCUT2D eigenvalue weighted by atomic mass is 32.5. The average molecular weight is 463 g/mol. The number of carbonyl (C=O) groups excluding carboxylic acids is 2. The largest absolute Gasteiger partial charge is 0.348 e. The molecule has 11 heteroatoms. The van der Waals surface area contributed by atoms with Gasteiger partial charge in [0.15, 0.2) is 0 Å². The monoisotopic (exact) mass is 463 g/mol. The number of hydrogen-bond donors (Lipinski definition) is 3. The van der Waals surface area contributed by atoms with Crippen molar-refractivity contribution in [3.8, 4) is 0 Å². The highest BCUT2D eigenvalue weighted by Gasteiger charge is 2.65. The summed E-state index contributed by atoms with van der Waals surface area (Å²) in [6.45, 7) is 1.69. The van der Waals surface area contributed by atoms with E-state index in [-0.39, 0.29) is 17.9 Å². The van der Waals surface area contributed by atoms with Gasteiger partial charge in [-0.3, -0.25) is 14.9 Å². The number of nitrogens with one attached hydrogen (secondary N) is 3. The van der Waals surface area contributed by atoms with Crippen molar-refractivity contribution < 1.29 is 29.0 Å². The molecule has 0 bridgehead atoms. The van der Waals surface area contributed by atoms with E-state index in [0.717, 1.165) is 17.7 Å². The molecule has 31 heavy (non-hydrogen) atoms. The molecule has 3 N–H and O–H groups in total. The van der Waals surface area contributed by atoms with E-state index in [1.54, 1.807) is 31.2 Å². The van der Waals surface area contributed by atoms with Gasteiger partial charge in [0.25, 0.3) is 0 Å². The number of rotatable bonds is 6. The standard InChI is InChI=1S/C20H22F5N3O2S/c1-2-16(13-8-10-15(11-9-13)31(21,22,23,24)25)27-20(30)17-12-18(29)28-19(26-17)14-6-4-3-5-7-14/h3-11,16-17,19,26H,2,12H2,1H3,(H,27,30)(H,28,29)/t16-,17?,19?/m1/s1. The summed E-state index contributed by atoms with van der Waals surface area (Å²) in [4.78, 5) is 22.8. The van der Waals surface area contributed by atoms with Gasteiger partial charge >= 0.3 is 10.2 Å². The fourth-order valence-corrected chi connectivity index (χ4v) is 4.00. The first-order chi connectivity index (χ1) is 14.3. The number of hydrogen-bond acceptors (Lipinski definition) is 3. The molecule has 2 amide bonds. The fraction of sp³-hybridized carbons (Fsp3) is 0.300. The van der Waals surface area contributed by atoms with Crippen LogP contribution in [0.25, 0.3) is 0 Å². The molecule has 1 aliphatic heterocycles. The van der Waals surface area contributed by atoms with E-state index in [0.29, 0.717) is 18.6 Å². The minimum Gasteiger partial charge on any atom is -0.348 e. The maximum atomic E-state index is 12.9. The summed E-state index contributed by atoms with van der Waals surface area (Å²) in [7, 11) is -9.76. The molecule has 1 heterocycles. The van der Waals surface area contributed by atoms with Crippen molar-refractivity contribution in [3.05, 3.63) is 65.7 Å². The van der Waals surface area contributed by atoms with E-state index in [4.69, 9.17) is 0 Å². The third-order valence-corrected chi connectivity index (χ3v) is 6.13. The van der Waals surface area contributed by atoms with Gasteiger partial charge in [-0.05, 0) is 29.7 Å². The fourth-order valence-electron chi connectivity index (χ4n) is 3.35. The Morgan fingerprint density at radius 3 is 2.23 bits per heavy atom. The number of carbonyl (C=O) groups is 2. The zero-order valence-corrected chi connectivity index (χ0v) is 17.3. The SMILES string of the molecule is CC[C@@H](NC(=O)C1CC(=O)NC(c2ccccc2)N1)c1ccc(S(F)(F)(F)(F)F)cc1. The normalized spacial score (nSPS) is 22.6. The van der Waals surface area contributed by atoms with Gasteiger partial charge in [-0.25, -0.2) is 0 Å². The first kappa shape index (κ1) is 23.0. The first-order valence-corrected chi connectivity index (χ1v) is 11.5. The summed E-state index contributed by atoms with van der Waals surface area (Å²) in [6, 6.07) is 9.88. The minimum atomic E-state index is -9.76. The Bertz CT molecular complexity index is 969. The van der Waals surface area contributed by atoms with Crippen molar-refractivity contribution in [1.82, 2.24) is 16.0 Å². The lowest BCUT2D eigenvalue weighted by atomic mass is 10.0. The van der Waals surface area contributed by atoms with Crippen LogP contribution in [0.4, 0.5) is 19.4 Å². The summed E-state index contributed by atoms with van der Waals surface area (Å²) in [5.41, 5.74) is 1.01. The van der Waals surface area contributed by atoms with Crippen LogP contribution in [0.1, 0.15) is 43.1 Å². The third-order valence-electron chi connectivity index (χ3n) is 4.96. The van der Waals surface area contributed by atoms with E-state index in [2.05, 4.69) is 16.0 Å². The van der Waals surface area contributed by atoms with Crippen LogP contribution in [0, 0.1) is 0 Å². The highest BCUT2D eigenvalue weighted by molar-refractivity contribution is 8.45. The minimum absolute atomic E-state index is 0.116. The second kappa shape index (κ2) is 7.49. The maximum Gasteiger partial charge on any atom is 0.310 e. The number of benzene rings is 2. The van der Waals surface area contributed by atoms with Gasteiger partial charge in [-0.2, -0.15) is 0 Å². The highest BCUT2D eigenvalue weighted by Crippen LogP contribution is 3.02. The van der Waals surface area contributed by atoms with Crippen LogP contribution in [0.5, 0.6) is 0 Å². The van der Waals surface area contributed by atoms with Crippen LogP contribution in [-0.4, -0.2) is 17.9 Å². The molecule has 1 aliphatic rings. The van der Waals surface area contributed by atoms with Gasteiger partial charge in [0, 0.05) is 0 Å². The van der Waals surface area contributed by atoms with Crippen LogP contribution in [0.15, 0.2) is 59.5 Å². The Morgan fingerprint density at radius 2 is 1.68 bits per heavy atom. The first-order valence-electron chi connectivity index (χ1n) is 9.51. The van der Waals surface area contributed by atoms with Crippen molar-refractivity contribution in [1.29, 1.82) is 0 Å². The molecule has 0 aromatic heterocycles. The zero-order chi connectivity index (χ0) is 22.9. The Kier molecular flexibility index (Phi) is 5.56. The van der Waals surface area contributed by atoms with E-state index in [1.807, 2.05) is 6.07 Å². The molecule has 0 saturated carbocycles. The molecule has 0 spiro atoms. The Hall–Kier alpha value is -2.66. The molecule has 0 radical (unpaired) electrons. The molecule has 2 unspecified atom stereocenters. The van der Waals surface area contributed by atoms with Gasteiger partial charge in [0.2, 0.25) is 11.8 Å². The van der Waals surface area contributed by atoms with Crippen molar-refractivity contribution >= 4 is 22.0 Å². The van der Waals surface area contributed by atoms with E-state index in [9.17, 15) is 29.0 Å². The van der Waals surface area contributed by atoms with E-state index in [1.165, 1.54) is 0 Å². The van der Waals surface area contributed by atoms with Crippen LogP contribution < -0.4 is 16.0 Å². The summed E-state index contributed by atoms with van der Waals surface area (Å²) in [6.07, 6.45) is -0.382. The second-order valence-corrected chi connectivity index (χ2v) is 9.75. The predicted molar refractivity (Wildman–Crippen MR) is 108 cm³/mol. The van der Waals surface area contributed by atoms with Crippen molar-refractivity contribution in [2.45, 2.75) is 42.9 Å². The zero-order valence-electron chi connectivity index (χ0n) is 16.5. The molecular formula is C20H22F5N3O2S. The van der Waals surface area contributed by atoms with Gasteiger partial charge in [-0.15, -0.1) is 0 Å². The molecule has 3 atom stereocenters. The lowest BCUT2D eigenvalue weighted by molar-refractivity contribution is -0.132. The molecule has 1 fully saturated rings. The van der Waals surface area contributed by atoms with E-state index < -0.39 is 39.3 Å². The Balaban J connectivity index is 1.73. The van der Waals surface area contributed by atoms with Gasteiger partial charge in [0.05, 0.1) is 18.5 Å². The van der Waals surface area contributed by atoms with Crippen LogP contribution in [0.2, 0.25) is 0 Å². The van der Waals surface area contributed by atoms with Crippen LogP contribution in [-0.2, 0) is 9.59 Å². The molecule has 1 saturated heterocycles. The second-order valence-electron chi connectivity index (χ2n) is 7.34. The van der Waals surface area contributed by atoms with E-state index >= 15 is 0 Å². The number of amides is 2. The van der Waals surface area contributed by atoms with Gasteiger partial charge in [-0.1, -0.05) is 68.8 Å². The number of halogens is 5. The summed E-state index contributed by atoms with van der Waals surface area (Å²) in [5.74, 6) is -0.847. The molecule has 2 aromatic carbocycles. The maximum absolute atomic E-state index is 12.9. The predicted octanol–water partition coefficient (Wildman–Crippen LogP) is 5.09. The quantitative estimate of drug-likeness (QED) is 0.523. The van der Waals surface area contributed by atoms with Gasteiger partial charge in [0.1, 0.15) is 11.1 Å². The average Bonchev–Trinajstić information content (AvgIpc) is 2.70. The van der Waals surface area contributed by atoms with Crippen molar-refractivity contribution in [2.75, 3.05) is 0 Å². The third kappa shape index (κ3) is 5.73. The lowest BCUT2D eigenvalue weighted by Crippen LogP contribution is -2.56. The Morgan fingerprint density at radius 1 is 1.06 bits per heavy atom. The topological polar surface area (TPSA) is 70.2 Å². The molecular weight excluding hydrogens is 441 g/mol. The Labute approximate surface area is 176 Å². The summed E-state index contributed by atoms with van der Waals surface area (Å²) >= 11 is 0. The van der Waals surface area contributed by atoms with Crippen molar-refractivity contribution in [2.24, 2.45) is 0 Å². The molecule has 3 rings (SSSR count). The molecule has 0 aliphatic carbocycles. The summed E-state index contributed by atoms with van der Waals surface area (Å²) < 4.78 is 64.6. The van der Waals surface area contributed by atoms with Crippen LogP contribution >= 0.6 is 10.2 Å². The molecule has 2 aromatic rings. The lowest BCUT2D eigenvalue weighted by Gasteiger charge is -2.40.